The molecule has 3 aromatic rings. The van der Waals surface area contributed by atoms with Crippen LogP contribution in [0.25, 0.3) is 10.9 Å². The van der Waals surface area contributed by atoms with Crippen LogP contribution in [0.1, 0.15) is 50.2 Å². The van der Waals surface area contributed by atoms with Crippen molar-refractivity contribution in [1.29, 1.82) is 0 Å². The average molecular weight is 442 g/mol. The Bertz CT molecular complexity index is 1160. The molecule has 2 N–H and O–H groups in total. The summed E-state index contributed by atoms with van der Waals surface area (Å²) < 4.78 is 44.3. The fourth-order valence-electron chi connectivity index (χ4n) is 4.48. The fourth-order valence-corrected chi connectivity index (χ4v) is 4.48. The maximum absolute atomic E-state index is 12.7. The Morgan fingerprint density at radius 3 is 2.44 bits per heavy atom. The maximum Gasteiger partial charge on any atom is 0.416 e. The first-order chi connectivity index (χ1) is 15.1. The fraction of sp³-hybridized carbons (Fsp3) is 0.400. The molecule has 1 atom stereocenters. The van der Waals surface area contributed by atoms with Crippen molar-refractivity contribution in [1.82, 2.24) is 4.98 Å². The van der Waals surface area contributed by atoms with Gasteiger partial charge in [-0.15, -0.1) is 0 Å². The first kappa shape index (κ1) is 20.9. The number of halogens is 3. The van der Waals surface area contributed by atoms with Crippen LogP contribution in [0.5, 0.6) is 5.75 Å². The molecule has 4 nitrogen and oxygen atoms in total. The van der Waals surface area contributed by atoms with Gasteiger partial charge in [0, 0.05) is 23.0 Å². The van der Waals surface area contributed by atoms with Crippen LogP contribution < -0.4 is 10.1 Å². The molecule has 0 saturated heterocycles. The average Bonchev–Trinajstić information content (AvgIpc) is 3.18. The van der Waals surface area contributed by atoms with Crippen LogP contribution in [0.4, 0.5) is 18.9 Å². The van der Waals surface area contributed by atoms with Gasteiger partial charge in [-0.1, -0.05) is 26.0 Å². The number of carbonyl (C=O) groups is 1. The van der Waals surface area contributed by atoms with Gasteiger partial charge in [0.05, 0.1) is 17.4 Å². The second-order valence-electron chi connectivity index (χ2n) is 9.67. The summed E-state index contributed by atoms with van der Waals surface area (Å²) in [5.74, 6) is 1.01. The van der Waals surface area contributed by atoms with Gasteiger partial charge in [-0.3, -0.25) is 4.79 Å². The summed E-state index contributed by atoms with van der Waals surface area (Å²) in [6, 6.07) is 11.1. The zero-order chi connectivity index (χ0) is 22.7. The highest BCUT2D eigenvalue weighted by Crippen LogP contribution is 2.52. The van der Waals surface area contributed by atoms with Gasteiger partial charge in [0.2, 0.25) is 5.91 Å². The van der Waals surface area contributed by atoms with Crippen molar-refractivity contribution in [2.75, 3.05) is 5.32 Å². The van der Waals surface area contributed by atoms with E-state index < -0.39 is 11.7 Å². The van der Waals surface area contributed by atoms with Gasteiger partial charge in [-0.05, 0) is 66.5 Å². The standard InChI is InChI=1S/C25H25F3N2O2/c1-24(2)12-20(24)23(31)30-22-13-29-21-8-7-17(11-19(21)22)32-18-9-15(10-18)14-3-5-16(6-4-14)25(26,27)28/h3-8,11,13,15,18,20,29H,9-10,12H2,1-2H3,(H,30,31). The number of ether oxygens (including phenoxy) is 1. The Labute approximate surface area is 184 Å². The highest BCUT2D eigenvalue weighted by atomic mass is 19.4. The maximum atomic E-state index is 12.7. The lowest BCUT2D eigenvalue weighted by atomic mass is 9.77. The minimum Gasteiger partial charge on any atom is -0.490 e. The third-order valence-corrected chi connectivity index (χ3v) is 6.85. The third kappa shape index (κ3) is 3.96. The molecule has 7 heteroatoms. The van der Waals surface area contributed by atoms with Crippen molar-refractivity contribution >= 4 is 22.5 Å². The van der Waals surface area contributed by atoms with Gasteiger partial charge in [0.15, 0.2) is 0 Å². The molecule has 32 heavy (non-hydrogen) atoms. The molecule has 1 aromatic heterocycles. The van der Waals surface area contributed by atoms with E-state index in [4.69, 9.17) is 4.74 Å². The van der Waals surface area contributed by atoms with Crippen molar-refractivity contribution in [3.63, 3.8) is 0 Å². The number of benzene rings is 2. The summed E-state index contributed by atoms with van der Waals surface area (Å²) in [5.41, 5.74) is 2.01. The number of alkyl halides is 3. The quantitative estimate of drug-likeness (QED) is 0.474. The zero-order valence-electron chi connectivity index (χ0n) is 17.9. The smallest absolute Gasteiger partial charge is 0.416 e. The minimum atomic E-state index is -4.31. The Morgan fingerprint density at radius 1 is 1.12 bits per heavy atom. The Morgan fingerprint density at radius 2 is 1.81 bits per heavy atom. The molecule has 5 rings (SSSR count). The molecular formula is C25H25F3N2O2. The molecule has 168 valence electrons. The molecule has 2 saturated carbocycles. The van der Waals surface area contributed by atoms with Crippen molar-refractivity contribution in [3.8, 4) is 5.75 Å². The lowest BCUT2D eigenvalue weighted by molar-refractivity contribution is -0.137. The molecule has 0 radical (unpaired) electrons. The highest BCUT2D eigenvalue weighted by molar-refractivity contribution is 6.03. The predicted octanol–water partition coefficient (Wildman–Crippen LogP) is 6.50. The molecule has 2 aliphatic rings. The Kier molecular flexibility index (Phi) is 4.76. The molecule has 1 amide bonds. The largest absolute Gasteiger partial charge is 0.490 e. The summed E-state index contributed by atoms with van der Waals surface area (Å²) >= 11 is 0. The molecule has 2 aromatic carbocycles. The topological polar surface area (TPSA) is 54.1 Å². The van der Waals surface area contributed by atoms with Gasteiger partial charge >= 0.3 is 6.18 Å². The van der Waals surface area contributed by atoms with Crippen molar-refractivity contribution in [3.05, 3.63) is 59.8 Å². The molecule has 0 bridgehead atoms. The van der Waals surface area contributed by atoms with E-state index in [-0.39, 0.29) is 29.3 Å². The van der Waals surface area contributed by atoms with E-state index in [9.17, 15) is 18.0 Å². The number of hydrogen-bond acceptors (Lipinski definition) is 2. The molecule has 1 heterocycles. The van der Waals surface area contributed by atoms with E-state index in [0.717, 1.165) is 59.3 Å². The molecule has 2 aliphatic carbocycles. The summed E-state index contributed by atoms with van der Waals surface area (Å²) in [4.78, 5) is 15.7. The number of aromatic amines is 1. The molecule has 2 fully saturated rings. The van der Waals surface area contributed by atoms with Crippen LogP contribution in [-0.4, -0.2) is 17.0 Å². The normalized spacial score (nSPS) is 24.1. The number of amides is 1. The first-order valence-electron chi connectivity index (χ1n) is 10.9. The molecule has 0 spiro atoms. The van der Waals surface area contributed by atoms with Crippen LogP contribution in [0.3, 0.4) is 0 Å². The lowest BCUT2D eigenvalue weighted by Crippen LogP contribution is -2.32. The van der Waals surface area contributed by atoms with Crippen molar-refractivity contribution < 1.29 is 22.7 Å². The second-order valence-corrected chi connectivity index (χ2v) is 9.67. The number of fused-ring (bicyclic) bond motifs is 1. The number of carbonyl (C=O) groups excluding carboxylic acids is 1. The van der Waals surface area contributed by atoms with Gasteiger partial charge < -0.3 is 15.0 Å². The van der Waals surface area contributed by atoms with Crippen LogP contribution >= 0.6 is 0 Å². The van der Waals surface area contributed by atoms with Gasteiger partial charge in [-0.25, -0.2) is 0 Å². The summed E-state index contributed by atoms with van der Waals surface area (Å²) in [7, 11) is 0. The number of anilines is 1. The van der Waals surface area contributed by atoms with E-state index in [1.54, 1.807) is 18.3 Å². The molecule has 0 aliphatic heterocycles. The number of hydrogen-bond donors (Lipinski definition) is 2. The zero-order valence-corrected chi connectivity index (χ0v) is 17.9. The van der Waals surface area contributed by atoms with E-state index in [0.29, 0.717) is 0 Å². The molecule has 1 unspecified atom stereocenters. The summed E-state index contributed by atoms with van der Waals surface area (Å²) in [6.45, 7) is 4.18. The van der Waals surface area contributed by atoms with Crippen LogP contribution in [0.15, 0.2) is 48.7 Å². The summed E-state index contributed by atoms with van der Waals surface area (Å²) in [6.07, 6.45) is -0.0750. The number of aromatic nitrogens is 1. The third-order valence-electron chi connectivity index (χ3n) is 6.85. The first-order valence-corrected chi connectivity index (χ1v) is 10.9. The van der Waals surface area contributed by atoms with Gasteiger partial charge in [0.1, 0.15) is 5.75 Å². The highest BCUT2D eigenvalue weighted by Gasteiger charge is 2.50. The second kappa shape index (κ2) is 7.29. The molecular weight excluding hydrogens is 417 g/mol. The van der Waals surface area contributed by atoms with Crippen molar-refractivity contribution in [2.24, 2.45) is 11.3 Å². The van der Waals surface area contributed by atoms with E-state index >= 15 is 0 Å². The Hall–Kier alpha value is -2.96. The Balaban J connectivity index is 1.21. The lowest BCUT2D eigenvalue weighted by Gasteiger charge is -2.35. The number of nitrogens with one attached hydrogen (secondary N) is 2. The van der Waals surface area contributed by atoms with Crippen LogP contribution in [-0.2, 0) is 11.0 Å². The number of H-pyrrole nitrogens is 1. The monoisotopic (exact) mass is 442 g/mol. The van der Waals surface area contributed by atoms with E-state index in [2.05, 4.69) is 24.1 Å². The van der Waals surface area contributed by atoms with E-state index in [1.165, 1.54) is 0 Å². The van der Waals surface area contributed by atoms with Crippen LogP contribution in [0.2, 0.25) is 0 Å². The summed E-state index contributed by atoms with van der Waals surface area (Å²) in [5, 5.41) is 3.93. The van der Waals surface area contributed by atoms with Gasteiger partial charge in [-0.2, -0.15) is 13.2 Å². The van der Waals surface area contributed by atoms with Crippen LogP contribution in [0, 0.1) is 11.3 Å². The van der Waals surface area contributed by atoms with E-state index in [1.807, 2.05) is 18.2 Å². The predicted molar refractivity (Wildman–Crippen MR) is 117 cm³/mol. The van der Waals surface area contributed by atoms with Crippen molar-refractivity contribution in [2.45, 2.75) is 51.3 Å². The minimum absolute atomic E-state index is 0.0176. The van der Waals surface area contributed by atoms with Gasteiger partial charge in [0.25, 0.3) is 0 Å². The number of rotatable bonds is 5. The SMILES string of the molecule is CC1(C)CC1C(=O)Nc1c[nH]c2ccc(OC3CC(c4ccc(C(F)(F)F)cc4)C3)cc12.